The molecule has 0 unspecified atom stereocenters. The van der Waals surface area contributed by atoms with Gasteiger partial charge in [0.05, 0.1) is 96.7 Å². The summed E-state index contributed by atoms with van der Waals surface area (Å²) in [5.74, 6) is -6.09. The fourth-order valence-corrected chi connectivity index (χ4v) is 23.2. The molecule has 3 amide bonds. The molecular weight excluding hydrogens is 1760 g/mol. The van der Waals surface area contributed by atoms with Gasteiger partial charge in [0, 0.05) is 92.3 Å². The molecule has 0 bridgehead atoms. The fraction of sp³-hybridized carbons (Fsp3) is 0.323. The van der Waals surface area contributed by atoms with Gasteiger partial charge in [-0.3, -0.25) is 29.1 Å². The van der Waals surface area contributed by atoms with Gasteiger partial charge in [0.1, 0.15) is 70.2 Å². The number of carboxylic acid groups (broad SMARTS) is 3. The normalized spacial score (nSPS) is 26.2. The summed E-state index contributed by atoms with van der Waals surface area (Å²) in [5.41, 5.74) is 1.94. The Balaban J connectivity index is 0.000000116. The quantitative estimate of drug-likeness (QED) is 0.0662. The number of fused-ring (bicyclic) bond motifs is 21. The van der Waals surface area contributed by atoms with Gasteiger partial charge in [0.15, 0.2) is 0 Å². The van der Waals surface area contributed by atoms with Gasteiger partial charge in [-0.1, -0.05) is 145 Å². The summed E-state index contributed by atoms with van der Waals surface area (Å²) in [6.45, 7) is 10.3. The van der Waals surface area contributed by atoms with E-state index in [2.05, 4.69) is 51.4 Å². The predicted octanol–water partition coefficient (Wildman–Crippen LogP) is 18.6. The number of halogens is 9. The molecule has 0 radical (unpaired) electrons. The van der Waals surface area contributed by atoms with E-state index in [1.165, 1.54) is 55.6 Å². The van der Waals surface area contributed by atoms with E-state index in [0.717, 1.165) is 31.2 Å². The van der Waals surface area contributed by atoms with E-state index in [1.807, 2.05) is 25.1 Å². The molecule has 127 heavy (non-hydrogen) atoms. The first-order valence-corrected chi connectivity index (χ1v) is 43.9. The van der Waals surface area contributed by atoms with Crippen LogP contribution in [-0.2, 0) is 31.0 Å². The zero-order chi connectivity index (χ0) is 88.6. The number of aromatic nitrogens is 6. The Kier molecular flexibility index (Phi) is 19.5. The van der Waals surface area contributed by atoms with Gasteiger partial charge in [-0.05, 0) is 164 Å². The van der Waals surface area contributed by atoms with Crippen molar-refractivity contribution in [2.75, 3.05) is 55.9 Å². The zero-order valence-corrected chi connectivity index (χ0v) is 72.7. The molecule has 9 aromatic carbocycles. The first-order valence-electron chi connectivity index (χ1n) is 41.6. The van der Waals surface area contributed by atoms with Crippen LogP contribution < -0.4 is 34.9 Å². The molecule has 9 aliphatic heterocycles. The molecule has 3 spiro atoms. The van der Waals surface area contributed by atoms with Crippen molar-refractivity contribution >= 4 is 155 Å². The van der Waals surface area contributed by atoms with E-state index in [0.29, 0.717) is 131 Å². The lowest BCUT2D eigenvalue weighted by atomic mass is 9.73. The minimum absolute atomic E-state index is 0.0341. The Labute approximate surface area is 752 Å². The Bertz CT molecular complexity index is 6730. The lowest BCUT2D eigenvalue weighted by Crippen LogP contribution is -2.56. The number of nitrogens with zero attached hydrogens (tertiary/aromatic N) is 9. The number of aromatic carboxylic acids is 3. The van der Waals surface area contributed by atoms with Crippen molar-refractivity contribution in [2.24, 2.45) is 17.3 Å². The van der Waals surface area contributed by atoms with E-state index >= 15 is 13.2 Å². The second kappa shape index (κ2) is 30.0. The van der Waals surface area contributed by atoms with Crippen LogP contribution in [0.1, 0.15) is 154 Å². The third-order valence-corrected chi connectivity index (χ3v) is 28.9. The maximum absolute atomic E-state index is 16.2. The van der Waals surface area contributed by atoms with E-state index in [-0.39, 0.29) is 97.1 Å². The molecule has 13 atom stereocenters. The molecule has 2 saturated carbocycles. The third kappa shape index (κ3) is 12.4. The van der Waals surface area contributed by atoms with Crippen molar-refractivity contribution < 1.29 is 76.2 Å². The lowest BCUT2D eigenvalue weighted by molar-refractivity contribution is -0.129. The molecule has 6 N–H and O–H groups in total. The van der Waals surface area contributed by atoms with Gasteiger partial charge in [-0.25, -0.2) is 41.6 Å². The highest BCUT2D eigenvalue weighted by molar-refractivity contribution is 6.33. The molecule has 5 fully saturated rings. The number of nitrogens with one attached hydrogen (secondary N) is 3. The van der Waals surface area contributed by atoms with Crippen molar-refractivity contribution in [3.8, 4) is 23.4 Å². The van der Waals surface area contributed by atoms with Gasteiger partial charge in [0.25, 0.3) is 0 Å². The van der Waals surface area contributed by atoms with Gasteiger partial charge in [-0.2, -0.15) is 15.3 Å². The molecule has 12 heterocycles. The molecule has 3 aromatic heterocycles. The van der Waals surface area contributed by atoms with E-state index < -0.39 is 100 Å². The molecule has 34 heteroatoms. The number of rotatable bonds is 12. The predicted molar refractivity (Wildman–Crippen MR) is 469 cm³/mol. The third-order valence-electron chi connectivity index (χ3n) is 27.3. The molecule has 25 nitrogen and oxygen atoms in total. The summed E-state index contributed by atoms with van der Waals surface area (Å²) in [4.78, 5) is 85.5. The largest absolute Gasteiger partial charge is 0.496 e. The van der Waals surface area contributed by atoms with Crippen molar-refractivity contribution in [3.05, 3.63) is 255 Å². The second-order valence-corrected chi connectivity index (χ2v) is 38.2. The van der Waals surface area contributed by atoms with Crippen LogP contribution in [0, 0.1) is 34.7 Å². The summed E-state index contributed by atoms with van der Waals surface area (Å²) in [5, 5.41) is 55.9. The van der Waals surface area contributed by atoms with E-state index in [9.17, 15) is 44.1 Å². The van der Waals surface area contributed by atoms with Crippen LogP contribution in [-0.4, -0.2) is 159 Å². The minimum atomic E-state index is -1.36. The first kappa shape index (κ1) is 82.8. The van der Waals surface area contributed by atoms with Crippen LogP contribution in [0.25, 0.3) is 32.7 Å². The number of hydrogen-bond acceptors (Lipinski definition) is 16. The number of carbonyl (C=O) groups is 6. The summed E-state index contributed by atoms with van der Waals surface area (Å²) >= 11 is 38.2. The lowest BCUT2D eigenvalue weighted by Gasteiger charge is -2.42. The SMILES string of the molecule is CC(C)(C)CN1[C@H]2COc3c4ccc(C(=O)O)cc4nn3[C@H]2[C@H](c2cccc(Cl)c2F)[C@]12C(=O)Nc1cc(Cl)ccc12.COc1cc2nn3c(c2cc1C(=O)O)OC[C@H]1[C@@H]3[C@H](c2cccc(Cl)c2F)[C@]2(C(=O)Nc3cc(Cl)ccc32)N1CC1CC1.C[C@@H]1Oc2c3ccc(C(=O)O)cc3nn2[C@@H]2[C@H]1N(CC1CC1)[C@@]1(C(=O)Nc3cc(Cl)ccc31)[C@H]2c1cccc(Cl)c1F. The van der Waals surface area contributed by atoms with Crippen molar-refractivity contribution in [2.45, 2.75) is 130 Å². The Morgan fingerprint density at radius 2 is 0.874 bits per heavy atom. The van der Waals surface area contributed by atoms with Crippen LogP contribution in [0.3, 0.4) is 0 Å². The monoisotopic (exact) mass is 1840 g/mol. The molecule has 12 aromatic rings. The average molecular weight is 1840 g/mol. The molecular formula is C93H77Cl6F3N12O13. The Hall–Kier alpha value is -11.2. The summed E-state index contributed by atoms with van der Waals surface area (Å²) in [6, 6.07) is 40.1. The van der Waals surface area contributed by atoms with Crippen molar-refractivity contribution in [1.82, 2.24) is 44.0 Å². The standard InChI is InChI=1S/C31H25Cl2FN4O5.C31H25Cl2FN4O4.C31H27Cl2FN4O4/c1-42-24-11-21-17(10-18(24)29(39)40)28-38(36-21)27-23(13-43-28)37(12-14-5-6-14)31(25(27)16-3-2-4-20(33)26(16)34)19-8-7-15(32)9-22(19)35-30(31)41;1-14-26-27(38-28(42-14)18-9-7-16(29(39)40)11-22(18)36-38)24(19-3-2-4-21(33)25(19)34)31(37(26)13-15-5-6-15)20-10-8-17(32)12-23(20)35-30(31)41;1-30(2,3)14-37-23-13-42-27-17-9-7-15(28(39)40)11-21(17)36-38(27)26(23)24(18-5-4-6-20(33)25(18)34)31(37)19-10-8-16(32)12-22(19)35-29(31)41/h2-4,7-11,14,23,25,27H,5-6,12-13H2,1H3,(H,35,41)(H,39,40);2-4,7-12,14-15,24,26-27H,5-6,13H2,1H3,(H,35,41)(H,39,40);4-12,23-24,26H,13-14H2,1-3H3,(H,35,41)(H,39,40)/t23-,25-,27+,31+;14-,24-,26-,27-,31+;23-,24-,26+,31+/m000/s1. The number of methoxy groups -OCH3 is 1. The second-order valence-electron chi connectivity index (χ2n) is 35.7. The number of carbonyl (C=O) groups excluding carboxylic acids is 3. The highest BCUT2D eigenvalue weighted by Crippen LogP contribution is 2.69. The van der Waals surface area contributed by atoms with Gasteiger partial charge < -0.3 is 50.2 Å². The van der Waals surface area contributed by atoms with Gasteiger partial charge in [0.2, 0.25) is 35.4 Å². The van der Waals surface area contributed by atoms with Crippen LogP contribution in [0.15, 0.2) is 158 Å². The van der Waals surface area contributed by atoms with Crippen LogP contribution >= 0.6 is 69.6 Å². The zero-order valence-electron chi connectivity index (χ0n) is 68.2. The number of carboxylic acids is 3. The topological polar surface area (TPSA) is 299 Å². The fourth-order valence-electron chi connectivity index (χ4n) is 22.1. The molecule has 650 valence electrons. The van der Waals surface area contributed by atoms with E-state index in [1.54, 1.807) is 105 Å². The first-order chi connectivity index (χ1) is 60.8. The molecule has 11 aliphatic rings. The maximum atomic E-state index is 16.2. The number of benzene rings is 9. The maximum Gasteiger partial charge on any atom is 0.339 e. The number of anilines is 3. The van der Waals surface area contributed by atoms with Crippen LogP contribution in [0.2, 0.25) is 30.1 Å². The van der Waals surface area contributed by atoms with Gasteiger partial charge in [-0.15, -0.1) is 0 Å². The highest BCUT2D eigenvalue weighted by atomic mass is 35.5. The molecule has 23 rings (SSSR count). The minimum Gasteiger partial charge on any atom is -0.496 e. The van der Waals surface area contributed by atoms with Gasteiger partial charge >= 0.3 is 17.9 Å². The molecule has 3 saturated heterocycles. The summed E-state index contributed by atoms with van der Waals surface area (Å²) in [7, 11) is 1.40. The highest BCUT2D eigenvalue weighted by Gasteiger charge is 2.74. The Morgan fingerprint density at radius 1 is 0.480 bits per heavy atom. The summed E-state index contributed by atoms with van der Waals surface area (Å²) in [6.07, 6.45) is 3.74. The van der Waals surface area contributed by atoms with Crippen molar-refractivity contribution in [1.29, 1.82) is 0 Å². The smallest absolute Gasteiger partial charge is 0.339 e. The Morgan fingerprint density at radius 3 is 1.30 bits per heavy atom. The number of likely N-dealkylation sites (tertiary alicyclic amines) is 3. The number of amides is 3. The number of ether oxygens (including phenoxy) is 4. The number of hydrogen-bond donors (Lipinski definition) is 6. The average Bonchev–Trinajstić information content (AvgIpc) is 1.51. The molecule has 2 aliphatic carbocycles. The van der Waals surface area contributed by atoms with Crippen LogP contribution in [0.5, 0.6) is 23.4 Å². The van der Waals surface area contributed by atoms with Crippen molar-refractivity contribution in [3.63, 3.8) is 0 Å². The van der Waals surface area contributed by atoms with Crippen LogP contribution in [0.4, 0.5) is 30.2 Å². The van der Waals surface area contributed by atoms with E-state index in [4.69, 9.17) is 104 Å². The summed E-state index contributed by atoms with van der Waals surface area (Å²) < 4.78 is 78.4.